The van der Waals surface area contributed by atoms with E-state index >= 15 is 0 Å². The van der Waals surface area contributed by atoms with E-state index in [1.165, 1.54) is 0 Å². The summed E-state index contributed by atoms with van der Waals surface area (Å²) in [7, 11) is 0. The fourth-order valence-corrected chi connectivity index (χ4v) is 1.80. The molecule has 0 radical (unpaired) electrons. The lowest BCUT2D eigenvalue weighted by atomic mass is 10.1. The van der Waals surface area contributed by atoms with Gasteiger partial charge in [-0.05, 0) is 37.6 Å². The van der Waals surface area contributed by atoms with Crippen molar-refractivity contribution in [2.24, 2.45) is 0 Å². The number of pyridine rings is 1. The number of carboxylic acid groups (broad SMARTS) is 1. The van der Waals surface area contributed by atoms with E-state index in [2.05, 4.69) is 4.98 Å². The first-order valence-electron chi connectivity index (χ1n) is 5.73. The van der Waals surface area contributed by atoms with E-state index in [1.807, 2.05) is 0 Å². The van der Waals surface area contributed by atoms with E-state index in [0.29, 0.717) is 11.3 Å². The zero-order valence-corrected chi connectivity index (χ0v) is 10.8. The van der Waals surface area contributed by atoms with Crippen LogP contribution in [0.1, 0.15) is 21.6 Å². The molecule has 0 spiro atoms. The van der Waals surface area contributed by atoms with Gasteiger partial charge in [-0.2, -0.15) is 0 Å². The number of nitrogens with zero attached hydrogens (tertiary/aromatic N) is 1. The first-order chi connectivity index (χ1) is 9.38. The highest BCUT2D eigenvalue weighted by atomic mass is 19.1. The molecule has 0 amide bonds. The number of hydrogen-bond donors (Lipinski definition) is 1. The van der Waals surface area contributed by atoms with Gasteiger partial charge in [-0.3, -0.25) is 0 Å². The van der Waals surface area contributed by atoms with Crippen LogP contribution in [-0.4, -0.2) is 16.1 Å². The Morgan fingerprint density at radius 3 is 2.60 bits per heavy atom. The van der Waals surface area contributed by atoms with Gasteiger partial charge in [-0.25, -0.2) is 18.6 Å². The van der Waals surface area contributed by atoms with E-state index < -0.39 is 23.4 Å². The predicted octanol–water partition coefficient (Wildman–Crippen LogP) is 3.47. The van der Waals surface area contributed by atoms with Crippen molar-refractivity contribution in [3.63, 3.8) is 0 Å². The number of rotatable bonds is 3. The van der Waals surface area contributed by atoms with Crippen LogP contribution < -0.4 is 4.74 Å². The van der Waals surface area contributed by atoms with E-state index in [4.69, 9.17) is 9.84 Å². The molecule has 2 aromatic rings. The Bertz CT molecular complexity index is 686. The Morgan fingerprint density at radius 2 is 1.95 bits per heavy atom. The number of carboxylic acids is 1. The highest BCUT2D eigenvalue weighted by Crippen LogP contribution is 2.28. The smallest absolute Gasteiger partial charge is 0.341 e. The molecule has 0 aliphatic carbocycles. The Morgan fingerprint density at radius 1 is 1.25 bits per heavy atom. The maximum absolute atomic E-state index is 13.5. The summed E-state index contributed by atoms with van der Waals surface area (Å²) in [5.74, 6) is -3.42. The summed E-state index contributed by atoms with van der Waals surface area (Å²) in [6.07, 6.45) is 0. The molecule has 0 aliphatic heterocycles. The van der Waals surface area contributed by atoms with Gasteiger partial charge in [0.05, 0.1) is 0 Å². The van der Waals surface area contributed by atoms with Gasteiger partial charge in [0.15, 0.2) is 11.6 Å². The van der Waals surface area contributed by atoms with Gasteiger partial charge in [0.25, 0.3) is 0 Å². The zero-order chi connectivity index (χ0) is 14.9. The van der Waals surface area contributed by atoms with Crippen molar-refractivity contribution >= 4 is 5.97 Å². The first kappa shape index (κ1) is 13.9. The minimum Gasteiger partial charge on any atom is -0.477 e. The maximum atomic E-state index is 13.5. The van der Waals surface area contributed by atoms with Gasteiger partial charge < -0.3 is 9.84 Å². The van der Waals surface area contributed by atoms with Crippen LogP contribution in [0, 0.1) is 25.5 Å². The van der Waals surface area contributed by atoms with Gasteiger partial charge in [0.2, 0.25) is 5.88 Å². The van der Waals surface area contributed by atoms with Crippen molar-refractivity contribution in [3.05, 3.63) is 52.7 Å². The molecule has 6 heteroatoms. The van der Waals surface area contributed by atoms with Gasteiger partial charge in [0, 0.05) is 11.8 Å². The molecule has 20 heavy (non-hydrogen) atoms. The van der Waals surface area contributed by atoms with Crippen LogP contribution in [0.25, 0.3) is 0 Å². The van der Waals surface area contributed by atoms with E-state index in [-0.39, 0.29) is 11.4 Å². The van der Waals surface area contributed by atoms with Crippen LogP contribution in [0.4, 0.5) is 8.78 Å². The second kappa shape index (κ2) is 5.24. The van der Waals surface area contributed by atoms with Gasteiger partial charge in [-0.1, -0.05) is 0 Å². The van der Waals surface area contributed by atoms with Gasteiger partial charge >= 0.3 is 5.97 Å². The summed E-state index contributed by atoms with van der Waals surface area (Å²) in [6, 6.07) is 4.24. The lowest BCUT2D eigenvalue weighted by molar-refractivity contribution is 0.0692. The lowest BCUT2D eigenvalue weighted by Gasteiger charge is -2.11. The largest absolute Gasteiger partial charge is 0.477 e. The summed E-state index contributed by atoms with van der Waals surface area (Å²) in [6.45, 7) is 3.22. The maximum Gasteiger partial charge on any atom is 0.341 e. The molecule has 1 aromatic carbocycles. The summed E-state index contributed by atoms with van der Waals surface area (Å²) in [5.41, 5.74) is 0.760. The molecule has 0 unspecified atom stereocenters. The fourth-order valence-electron chi connectivity index (χ4n) is 1.80. The number of halogens is 2. The molecule has 0 saturated carbocycles. The van der Waals surface area contributed by atoms with Crippen molar-refractivity contribution < 1.29 is 23.4 Å². The molecule has 104 valence electrons. The summed E-state index contributed by atoms with van der Waals surface area (Å²) < 4.78 is 31.7. The number of ether oxygens (including phenoxy) is 1. The number of hydrogen-bond acceptors (Lipinski definition) is 3. The third-order valence-corrected chi connectivity index (χ3v) is 2.63. The molecule has 0 saturated heterocycles. The van der Waals surface area contributed by atoms with Crippen molar-refractivity contribution in [1.82, 2.24) is 4.98 Å². The van der Waals surface area contributed by atoms with E-state index in [1.54, 1.807) is 19.9 Å². The van der Waals surface area contributed by atoms with Crippen molar-refractivity contribution in [2.75, 3.05) is 0 Å². The average molecular weight is 279 g/mol. The van der Waals surface area contributed by atoms with Crippen molar-refractivity contribution in [2.45, 2.75) is 13.8 Å². The Labute approximate surface area is 113 Å². The normalized spacial score (nSPS) is 10.4. The Balaban J connectivity index is 2.53. The van der Waals surface area contributed by atoms with Crippen LogP contribution in [0.3, 0.4) is 0 Å². The monoisotopic (exact) mass is 279 g/mol. The second-order valence-electron chi connectivity index (χ2n) is 4.24. The van der Waals surface area contributed by atoms with E-state index in [0.717, 1.165) is 18.2 Å². The number of aryl methyl sites for hydroxylation is 2. The van der Waals surface area contributed by atoms with Crippen molar-refractivity contribution in [3.8, 4) is 11.6 Å². The first-order valence-corrected chi connectivity index (χ1v) is 5.73. The molecule has 0 aliphatic rings. The van der Waals surface area contributed by atoms with Crippen LogP contribution in [-0.2, 0) is 0 Å². The highest BCUT2D eigenvalue weighted by Gasteiger charge is 2.19. The number of aromatic carboxylic acids is 1. The minimum absolute atomic E-state index is 0.181. The Hall–Kier alpha value is -2.50. The van der Waals surface area contributed by atoms with E-state index in [9.17, 15) is 13.6 Å². The number of aromatic nitrogens is 1. The summed E-state index contributed by atoms with van der Waals surface area (Å²) in [4.78, 5) is 15.1. The third kappa shape index (κ3) is 2.74. The summed E-state index contributed by atoms with van der Waals surface area (Å²) >= 11 is 0. The zero-order valence-electron chi connectivity index (χ0n) is 10.8. The summed E-state index contributed by atoms with van der Waals surface area (Å²) in [5, 5.41) is 9.15. The quantitative estimate of drug-likeness (QED) is 0.934. The fraction of sp³-hybridized carbons (Fsp3) is 0.143. The third-order valence-electron chi connectivity index (χ3n) is 2.63. The topological polar surface area (TPSA) is 59.4 Å². The average Bonchev–Trinajstić information content (AvgIpc) is 2.32. The molecule has 0 fully saturated rings. The van der Waals surface area contributed by atoms with Gasteiger partial charge in [-0.15, -0.1) is 0 Å². The lowest BCUT2D eigenvalue weighted by Crippen LogP contribution is -2.06. The Kier molecular flexibility index (Phi) is 3.65. The SMILES string of the molecule is Cc1cc(C)c(C(=O)O)c(Oc2cc(F)ccc2F)n1. The van der Waals surface area contributed by atoms with Crippen LogP contribution in [0.2, 0.25) is 0 Å². The number of carbonyl (C=O) groups is 1. The van der Waals surface area contributed by atoms with Gasteiger partial charge in [0.1, 0.15) is 11.4 Å². The molecule has 1 aromatic heterocycles. The van der Waals surface area contributed by atoms with Crippen molar-refractivity contribution in [1.29, 1.82) is 0 Å². The predicted molar refractivity (Wildman–Crippen MR) is 67.1 cm³/mol. The molecular weight excluding hydrogens is 268 g/mol. The molecule has 1 heterocycles. The molecule has 2 rings (SSSR count). The molecular formula is C14H11F2NO3. The molecule has 0 bridgehead atoms. The highest BCUT2D eigenvalue weighted by molar-refractivity contribution is 5.92. The van der Waals surface area contributed by atoms with Crippen LogP contribution in [0.15, 0.2) is 24.3 Å². The molecule has 1 N–H and O–H groups in total. The number of benzene rings is 1. The molecule has 0 atom stereocenters. The van der Waals surface area contributed by atoms with Crippen LogP contribution in [0.5, 0.6) is 11.6 Å². The van der Waals surface area contributed by atoms with Crippen LogP contribution >= 0.6 is 0 Å². The minimum atomic E-state index is -1.25. The standard InChI is InChI=1S/C14H11F2NO3/c1-7-5-8(2)17-13(12(7)14(18)19)20-11-6-9(15)3-4-10(11)16/h3-6H,1-2H3,(H,18,19). The molecule has 4 nitrogen and oxygen atoms in total. The second-order valence-corrected chi connectivity index (χ2v) is 4.24.